The molecule has 1 aliphatic carbocycles. The lowest BCUT2D eigenvalue weighted by atomic mass is 10.0. The Balaban J connectivity index is 1.82. The van der Waals surface area contributed by atoms with Crippen LogP contribution in [0.2, 0.25) is 0 Å². The Morgan fingerprint density at radius 2 is 2.04 bits per heavy atom. The van der Waals surface area contributed by atoms with Crippen LogP contribution >= 0.6 is 0 Å². The van der Waals surface area contributed by atoms with Crippen LogP contribution in [-0.2, 0) is 22.4 Å². The van der Waals surface area contributed by atoms with Crippen molar-refractivity contribution in [1.29, 1.82) is 0 Å². The molecule has 0 fully saturated rings. The normalized spacial score (nSPS) is 14.1. The summed E-state index contributed by atoms with van der Waals surface area (Å²) in [6, 6.07) is 3.64. The molecule has 0 unspecified atom stereocenters. The van der Waals surface area contributed by atoms with Crippen LogP contribution in [0.25, 0.3) is 11.0 Å². The molecule has 2 N–H and O–H groups in total. The molecular formula is C19H21NO6. The molecule has 138 valence electrons. The highest BCUT2D eigenvalue weighted by Gasteiger charge is 2.22. The number of amides is 1. The van der Waals surface area contributed by atoms with Crippen molar-refractivity contribution < 1.29 is 23.8 Å². The lowest BCUT2D eigenvalue weighted by Gasteiger charge is -2.17. The number of carbonyl (C=O) groups excluding carboxylic acids is 1. The fourth-order valence-electron chi connectivity index (χ4n) is 3.27. The molecule has 1 aromatic heterocycles. The Kier molecular flexibility index (Phi) is 4.97. The van der Waals surface area contributed by atoms with Gasteiger partial charge >= 0.3 is 11.6 Å². The van der Waals surface area contributed by atoms with Gasteiger partial charge in [-0.2, -0.15) is 0 Å². The number of aryl methyl sites for hydroxylation is 2. The number of ether oxygens (including phenoxy) is 1. The molecule has 7 nitrogen and oxygen atoms in total. The highest BCUT2D eigenvalue weighted by atomic mass is 16.5. The molecule has 0 bridgehead atoms. The van der Waals surface area contributed by atoms with Gasteiger partial charge in [0.2, 0.25) is 0 Å². The second-order valence-corrected chi connectivity index (χ2v) is 6.46. The third-order valence-corrected chi connectivity index (χ3v) is 4.65. The van der Waals surface area contributed by atoms with Crippen LogP contribution in [0.15, 0.2) is 21.3 Å². The fourth-order valence-corrected chi connectivity index (χ4v) is 3.27. The molecular weight excluding hydrogens is 338 g/mol. The molecule has 0 spiro atoms. The van der Waals surface area contributed by atoms with E-state index in [1.165, 1.54) is 0 Å². The predicted octanol–water partition coefficient (Wildman–Crippen LogP) is 1.95. The second-order valence-electron chi connectivity index (χ2n) is 6.46. The first-order chi connectivity index (χ1) is 12.4. The molecule has 1 atom stereocenters. The number of fused-ring (bicyclic) bond motifs is 3. The lowest BCUT2D eigenvalue weighted by molar-refractivity contribution is -0.137. The minimum Gasteiger partial charge on any atom is -0.481 e. The van der Waals surface area contributed by atoms with Gasteiger partial charge in [-0.3, -0.25) is 9.59 Å². The Labute approximate surface area is 150 Å². The van der Waals surface area contributed by atoms with Crippen LogP contribution in [0, 0.1) is 6.92 Å². The van der Waals surface area contributed by atoms with E-state index in [1.54, 1.807) is 19.9 Å². The molecule has 1 aromatic carbocycles. The van der Waals surface area contributed by atoms with E-state index in [2.05, 4.69) is 5.32 Å². The van der Waals surface area contributed by atoms with Crippen molar-refractivity contribution in [3.63, 3.8) is 0 Å². The zero-order valence-corrected chi connectivity index (χ0v) is 14.8. The smallest absolute Gasteiger partial charge is 0.339 e. The third-order valence-electron chi connectivity index (χ3n) is 4.65. The Morgan fingerprint density at radius 1 is 1.31 bits per heavy atom. The quantitative estimate of drug-likeness (QED) is 0.764. The molecule has 7 heteroatoms. The SMILES string of the molecule is Cc1c(O[C@@H](C)C(=O)NCCC(=O)O)ccc2c3c(c(=O)oc12)CCC3. The van der Waals surface area contributed by atoms with Crippen LogP contribution in [0.1, 0.15) is 36.5 Å². The summed E-state index contributed by atoms with van der Waals surface area (Å²) in [6.45, 7) is 3.41. The number of carboxylic acids is 1. The average Bonchev–Trinajstić information content (AvgIpc) is 3.08. The number of carbonyl (C=O) groups is 2. The molecule has 2 aromatic rings. The summed E-state index contributed by atoms with van der Waals surface area (Å²) < 4.78 is 11.2. The average molecular weight is 359 g/mol. The van der Waals surface area contributed by atoms with Gasteiger partial charge < -0.3 is 19.6 Å². The number of hydrogen-bond acceptors (Lipinski definition) is 5. The Bertz CT molecular complexity index is 930. The first-order valence-electron chi connectivity index (χ1n) is 8.62. The fraction of sp³-hybridized carbons (Fsp3) is 0.421. The van der Waals surface area contributed by atoms with E-state index >= 15 is 0 Å². The Morgan fingerprint density at radius 3 is 2.77 bits per heavy atom. The number of aliphatic carboxylic acids is 1. The van der Waals surface area contributed by atoms with Crippen molar-refractivity contribution in [2.45, 2.75) is 45.6 Å². The van der Waals surface area contributed by atoms with Crippen molar-refractivity contribution in [1.82, 2.24) is 5.32 Å². The van der Waals surface area contributed by atoms with Crippen molar-refractivity contribution in [2.75, 3.05) is 6.54 Å². The highest BCUT2D eigenvalue weighted by Crippen LogP contribution is 2.33. The molecule has 1 amide bonds. The maximum absolute atomic E-state index is 12.2. The zero-order chi connectivity index (χ0) is 18.8. The summed E-state index contributed by atoms with van der Waals surface area (Å²) in [4.78, 5) is 34.7. The van der Waals surface area contributed by atoms with Crippen LogP contribution < -0.4 is 15.7 Å². The van der Waals surface area contributed by atoms with E-state index in [9.17, 15) is 14.4 Å². The van der Waals surface area contributed by atoms with E-state index in [1.807, 2.05) is 6.07 Å². The molecule has 3 rings (SSSR count). The predicted molar refractivity (Wildman–Crippen MR) is 94.6 cm³/mol. The van der Waals surface area contributed by atoms with Gasteiger partial charge in [0.15, 0.2) is 6.10 Å². The van der Waals surface area contributed by atoms with Crippen molar-refractivity contribution >= 4 is 22.8 Å². The van der Waals surface area contributed by atoms with Gasteiger partial charge in [-0.25, -0.2) is 4.79 Å². The van der Waals surface area contributed by atoms with E-state index in [4.69, 9.17) is 14.3 Å². The molecule has 0 aliphatic heterocycles. The van der Waals surface area contributed by atoms with Crippen molar-refractivity contribution in [3.05, 3.63) is 39.2 Å². The lowest BCUT2D eigenvalue weighted by Crippen LogP contribution is -2.37. The summed E-state index contributed by atoms with van der Waals surface area (Å²) in [5.74, 6) is -0.924. The molecule has 26 heavy (non-hydrogen) atoms. The van der Waals surface area contributed by atoms with E-state index in [-0.39, 0.29) is 18.6 Å². The van der Waals surface area contributed by atoms with Crippen LogP contribution in [0.4, 0.5) is 0 Å². The first-order valence-corrected chi connectivity index (χ1v) is 8.62. The summed E-state index contributed by atoms with van der Waals surface area (Å²) >= 11 is 0. The van der Waals surface area contributed by atoms with Gasteiger partial charge in [0, 0.05) is 23.1 Å². The topological polar surface area (TPSA) is 106 Å². The van der Waals surface area contributed by atoms with E-state index < -0.39 is 18.0 Å². The minimum atomic E-state index is -0.980. The summed E-state index contributed by atoms with van der Waals surface area (Å²) in [7, 11) is 0. The van der Waals surface area contributed by atoms with E-state index in [0.29, 0.717) is 16.9 Å². The van der Waals surface area contributed by atoms with Crippen LogP contribution in [0.3, 0.4) is 0 Å². The maximum atomic E-state index is 12.2. The summed E-state index contributed by atoms with van der Waals surface area (Å²) in [5, 5.41) is 12.0. The number of rotatable bonds is 6. The van der Waals surface area contributed by atoms with Gasteiger partial charge in [-0.05, 0) is 50.8 Å². The number of carboxylic acid groups (broad SMARTS) is 1. The second kappa shape index (κ2) is 7.19. The van der Waals surface area contributed by atoms with Gasteiger partial charge in [-0.15, -0.1) is 0 Å². The molecule has 0 saturated carbocycles. The zero-order valence-electron chi connectivity index (χ0n) is 14.8. The highest BCUT2D eigenvalue weighted by molar-refractivity contribution is 5.86. The summed E-state index contributed by atoms with van der Waals surface area (Å²) in [5.41, 5.74) is 2.66. The van der Waals surface area contributed by atoms with Crippen LogP contribution in [0.5, 0.6) is 5.75 Å². The molecule has 0 saturated heterocycles. The van der Waals surface area contributed by atoms with Crippen LogP contribution in [-0.4, -0.2) is 29.6 Å². The van der Waals surface area contributed by atoms with Crippen molar-refractivity contribution in [2.24, 2.45) is 0 Å². The maximum Gasteiger partial charge on any atom is 0.339 e. The molecule has 1 heterocycles. The first kappa shape index (κ1) is 18.0. The van der Waals surface area contributed by atoms with Gasteiger partial charge in [0.25, 0.3) is 5.91 Å². The minimum absolute atomic E-state index is 0.0413. The number of benzene rings is 1. The van der Waals surface area contributed by atoms with Gasteiger partial charge in [0.05, 0.1) is 6.42 Å². The van der Waals surface area contributed by atoms with E-state index in [0.717, 1.165) is 35.8 Å². The largest absolute Gasteiger partial charge is 0.481 e. The number of hydrogen-bond donors (Lipinski definition) is 2. The monoisotopic (exact) mass is 359 g/mol. The van der Waals surface area contributed by atoms with Gasteiger partial charge in [0.1, 0.15) is 11.3 Å². The summed E-state index contributed by atoms with van der Waals surface area (Å²) in [6.07, 6.45) is 1.60. The molecule has 1 aliphatic rings. The Hall–Kier alpha value is -2.83. The van der Waals surface area contributed by atoms with Crippen molar-refractivity contribution in [3.8, 4) is 5.75 Å². The molecule has 0 radical (unpaired) electrons. The number of nitrogens with one attached hydrogen (secondary N) is 1. The standard InChI is InChI=1S/C19H21NO6/c1-10-15(25-11(2)18(23)20-9-8-16(21)22)7-6-13-12-4-3-5-14(12)19(24)26-17(10)13/h6-7,11H,3-5,8-9H2,1-2H3,(H,20,23)(H,21,22)/t11-/m0/s1. The van der Waals surface area contributed by atoms with Gasteiger partial charge in [-0.1, -0.05) is 0 Å². The third kappa shape index (κ3) is 3.42.